The van der Waals surface area contributed by atoms with E-state index < -0.39 is 6.03 Å². The molecule has 1 aliphatic heterocycles. The molecule has 1 fully saturated rings. The van der Waals surface area contributed by atoms with Crippen molar-refractivity contribution in [1.82, 2.24) is 20.2 Å². The van der Waals surface area contributed by atoms with Crippen LogP contribution in [0.2, 0.25) is 0 Å². The van der Waals surface area contributed by atoms with Gasteiger partial charge in [0.25, 0.3) is 5.91 Å². The molecule has 0 spiro atoms. The first-order valence-electron chi connectivity index (χ1n) is 10.1. The number of para-hydroxylation sites is 3. The highest BCUT2D eigenvalue weighted by Gasteiger charge is 2.28. The van der Waals surface area contributed by atoms with Gasteiger partial charge in [-0.25, -0.2) is 9.78 Å². The summed E-state index contributed by atoms with van der Waals surface area (Å²) in [6.07, 6.45) is 0. The molecule has 0 saturated carbocycles. The summed E-state index contributed by atoms with van der Waals surface area (Å²) in [5, 5.41) is 5.44. The van der Waals surface area contributed by atoms with E-state index in [2.05, 4.69) is 20.6 Å². The number of aromatic nitrogens is 2. The predicted molar refractivity (Wildman–Crippen MR) is 120 cm³/mol. The van der Waals surface area contributed by atoms with Crippen molar-refractivity contribution in [3.05, 3.63) is 83.9 Å². The van der Waals surface area contributed by atoms with Gasteiger partial charge in [0, 0.05) is 11.1 Å². The number of urea groups is 1. The Kier molecular flexibility index (Phi) is 4.87. The summed E-state index contributed by atoms with van der Waals surface area (Å²) in [6, 6.07) is 21.6. The minimum Gasteiger partial charge on any atom is -0.338 e. The number of nitrogens with zero attached hydrogens (tertiary/aromatic N) is 2. The van der Waals surface area contributed by atoms with Gasteiger partial charge in [-0.05, 0) is 42.0 Å². The van der Waals surface area contributed by atoms with E-state index in [9.17, 15) is 14.4 Å². The molecule has 32 heavy (non-hydrogen) atoms. The number of carbonyl (C=O) groups excluding carboxylic acids is 3. The highest BCUT2D eigenvalue weighted by atomic mass is 16.2. The van der Waals surface area contributed by atoms with Crippen LogP contribution in [0.25, 0.3) is 22.4 Å². The Morgan fingerprint density at radius 2 is 1.72 bits per heavy atom. The number of amides is 4. The van der Waals surface area contributed by atoms with Crippen LogP contribution < -0.4 is 10.6 Å². The minimum absolute atomic E-state index is 0.0178. The third kappa shape index (κ3) is 3.69. The molecule has 0 aliphatic carbocycles. The van der Waals surface area contributed by atoms with Crippen molar-refractivity contribution >= 4 is 34.6 Å². The molecule has 0 unspecified atom stereocenters. The summed E-state index contributed by atoms with van der Waals surface area (Å²) in [7, 11) is 0. The van der Waals surface area contributed by atoms with E-state index in [0.29, 0.717) is 17.1 Å². The van der Waals surface area contributed by atoms with E-state index in [1.807, 2.05) is 48.5 Å². The Labute approximate surface area is 183 Å². The predicted octanol–water partition coefficient (Wildman–Crippen LogP) is 3.53. The largest absolute Gasteiger partial charge is 0.338 e. The van der Waals surface area contributed by atoms with Gasteiger partial charge in [-0.2, -0.15) is 0 Å². The lowest BCUT2D eigenvalue weighted by atomic mass is 10.1. The number of nitrogens with one attached hydrogen (secondary N) is 3. The quantitative estimate of drug-likeness (QED) is 0.425. The Hall–Kier alpha value is -4.46. The number of benzene rings is 3. The zero-order chi connectivity index (χ0) is 22.1. The second kappa shape index (κ2) is 7.99. The van der Waals surface area contributed by atoms with Crippen molar-refractivity contribution in [2.24, 2.45) is 0 Å². The van der Waals surface area contributed by atoms with Crippen molar-refractivity contribution in [2.75, 3.05) is 11.9 Å². The lowest BCUT2D eigenvalue weighted by Gasteiger charge is -2.13. The zero-order valence-corrected chi connectivity index (χ0v) is 17.0. The van der Waals surface area contributed by atoms with Gasteiger partial charge in [-0.3, -0.25) is 14.5 Å². The number of carbonyl (C=O) groups is 3. The second-order valence-electron chi connectivity index (χ2n) is 7.44. The van der Waals surface area contributed by atoms with Gasteiger partial charge >= 0.3 is 6.03 Å². The number of anilines is 1. The van der Waals surface area contributed by atoms with E-state index in [1.165, 1.54) is 0 Å². The fraction of sp³-hybridized carbons (Fsp3) is 0.0833. The van der Waals surface area contributed by atoms with Gasteiger partial charge in [0.2, 0.25) is 5.91 Å². The van der Waals surface area contributed by atoms with E-state index >= 15 is 0 Å². The average molecular weight is 425 g/mol. The standard InChI is InChI=1S/C24H19N5O3/c30-21-13-25-24(32)29(21)14-15-9-11-16(12-10-15)23(31)28-18-6-2-1-5-17(18)22-26-19-7-3-4-8-20(19)27-22/h1-12H,13-14H2,(H,25,32)(H,26,27)(H,28,31). The Bertz CT molecular complexity index is 1290. The summed E-state index contributed by atoms with van der Waals surface area (Å²) < 4.78 is 0. The molecule has 1 aromatic heterocycles. The molecule has 0 radical (unpaired) electrons. The Balaban J connectivity index is 1.34. The molecule has 8 nitrogen and oxygen atoms in total. The molecule has 5 rings (SSSR count). The number of rotatable bonds is 5. The molecular weight excluding hydrogens is 406 g/mol. The van der Waals surface area contributed by atoms with Crippen molar-refractivity contribution in [3.8, 4) is 11.4 Å². The van der Waals surface area contributed by atoms with Gasteiger partial charge in [0.1, 0.15) is 5.82 Å². The Morgan fingerprint density at radius 3 is 2.47 bits per heavy atom. The summed E-state index contributed by atoms with van der Waals surface area (Å²) >= 11 is 0. The van der Waals surface area contributed by atoms with Gasteiger partial charge in [0.15, 0.2) is 0 Å². The Morgan fingerprint density at radius 1 is 0.969 bits per heavy atom. The van der Waals surface area contributed by atoms with Crippen LogP contribution in [0.4, 0.5) is 10.5 Å². The monoisotopic (exact) mass is 425 g/mol. The van der Waals surface area contributed by atoms with Gasteiger partial charge in [-0.15, -0.1) is 0 Å². The van der Waals surface area contributed by atoms with E-state index in [-0.39, 0.29) is 24.9 Å². The smallest absolute Gasteiger partial charge is 0.324 e. The maximum atomic E-state index is 12.9. The SMILES string of the molecule is O=C(Nc1ccccc1-c1nc2ccccc2[nH]1)c1ccc(CN2C(=O)CNC2=O)cc1. The topological polar surface area (TPSA) is 107 Å². The number of fused-ring (bicyclic) bond motifs is 1. The summed E-state index contributed by atoms with van der Waals surface area (Å²) in [6.45, 7) is 0.186. The van der Waals surface area contributed by atoms with Crippen LogP contribution in [0.5, 0.6) is 0 Å². The fourth-order valence-electron chi connectivity index (χ4n) is 3.63. The van der Waals surface area contributed by atoms with Crippen molar-refractivity contribution in [3.63, 3.8) is 0 Å². The maximum absolute atomic E-state index is 12.9. The van der Waals surface area contributed by atoms with E-state index in [4.69, 9.17) is 0 Å². The normalized spacial score (nSPS) is 13.4. The third-order valence-electron chi connectivity index (χ3n) is 5.31. The zero-order valence-electron chi connectivity index (χ0n) is 17.0. The molecule has 4 aromatic rings. The molecule has 2 heterocycles. The summed E-state index contributed by atoms with van der Waals surface area (Å²) in [5.41, 5.74) is 4.42. The summed E-state index contributed by atoms with van der Waals surface area (Å²) in [5.74, 6) is 0.139. The van der Waals surface area contributed by atoms with Gasteiger partial charge in [0.05, 0.1) is 29.8 Å². The fourth-order valence-corrected chi connectivity index (χ4v) is 3.63. The molecule has 0 bridgehead atoms. The first kappa shape index (κ1) is 19.5. The number of imide groups is 1. The first-order chi connectivity index (χ1) is 15.6. The lowest BCUT2D eigenvalue weighted by molar-refractivity contribution is -0.125. The van der Waals surface area contributed by atoms with E-state index in [1.54, 1.807) is 24.3 Å². The average Bonchev–Trinajstić information content (AvgIpc) is 3.38. The lowest BCUT2D eigenvalue weighted by Crippen LogP contribution is -2.30. The number of imidazole rings is 1. The van der Waals surface area contributed by atoms with Gasteiger partial charge < -0.3 is 15.6 Å². The van der Waals surface area contributed by atoms with Crippen LogP contribution in [0.3, 0.4) is 0 Å². The molecule has 4 amide bonds. The molecule has 3 N–H and O–H groups in total. The van der Waals surface area contributed by atoms with Crippen LogP contribution in [-0.4, -0.2) is 39.3 Å². The minimum atomic E-state index is -0.404. The van der Waals surface area contributed by atoms with Crippen LogP contribution in [0.15, 0.2) is 72.8 Å². The van der Waals surface area contributed by atoms with Crippen molar-refractivity contribution in [1.29, 1.82) is 0 Å². The maximum Gasteiger partial charge on any atom is 0.324 e. The molecule has 8 heteroatoms. The molecule has 1 aliphatic rings. The van der Waals surface area contributed by atoms with Crippen LogP contribution in [-0.2, 0) is 11.3 Å². The molecule has 158 valence electrons. The van der Waals surface area contributed by atoms with Gasteiger partial charge in [-0.1, -0.05) is 36.4 Å². The number of hydrogen-bond acceptors (Lipinski definition) is 4. The number of hydrogen-bond donors (Lipinski definition) is 3. The van der Waals surface area contributed by atoms with E-state index in [0.717, 1.165) is 27.1 Å². The second-order valence-corrected chi connectivity index (χ2v) is 7.44. The number of aromatic amines is 1. The molecule has 3 aromatic carbocycles. The third-order valence-corrected chi connectivity index (χ3v) is 5.31. The highest BCUT2D eigenvalue weighted by molar-refractivity contribution is 6.06. The van der Waals surface area contributed by atoms with Crippen LogP contribution in [0.1, 0.15) is 15.9 Å². The van der Waals surface area contributed by atoms with Crippen molar-refractivity contribution in [2.45, 2.75) is 6.54 Å². The molecular formula is C24H19N5O3. The number of H-pyrrole nitrogens is 1. The summed E-state index contributed by atoms with van der Waals surface area (Å²) in [4.78, 5) is 45.4. The van der Waals surface area contributed by atoms with Crippen LogP contribution in [0, 0.1) is 0 Å². The van der Waals surface area contributed by atoms with Crippen molar-refractivity contribution < 1.29 is 14.4 Å². The highest BCUT2D eigenvalue weighted by Crippen LogP contribution is 2.28. The molecule has 1 saturated heterocycles. The molecule has 0 atom stereocenters. The first-order valence-corrected chi connectivity index (χ1v) is 10.1. The van der Waals surface area contributed by atoms with Crippen LogP contribution >= 0.6 is 0 Å².